The van der Waals surface area contributed by atoms with Gasteiger partial charge in [-0.25, -0.2) is 9.18 Å². The lowest BCUT2D eigenvalue weighted by Crippen LogP contribution is -2.40. The second-order valence-electron chi connectivity index (χ2n) is 6.36. The molecular weight excluding hydrogens is 355 g/mol. The number of hydrogen-bond donors (Lipinski definition) is 3. The highest BCUT2D eigenvalue weighted by Gasteiger charge is 2.27. The number of fused-ring (bicyclic) bond motifs is 1. The van der Waals surface area contributed by atoms with Gasteiger partial charge in [0.25, 0.3) is 5.91 Å². The second-order valence-corrected chi connectivity index (χ2v) is 6.36. The molecule has 0 saturated carbocycles. The number of ether oxygens (including phenoxy) is 1. The fraction of sp³-hybridized carbons (Fsp3) is 0.316. The maximum atomic E-state index is 12.9. The normalized spacial score (nSPS) is 14.4. The summed E-state index contributed by atoms with van der Waals surface area (Å²) < 4.78 is 18.2. The number of H-pyrrole nitrogens is 1. The zero-order valence-electron chi connectivity index (χ0n) is 14.7. The summed E-state index contributed by atoms with van der Waals surface area (Å²) in [5.74, 6) is -2.06. The van der Waals surface area contributed by atoms with Gasteiger partial charge in [-0.1, -0.05) is 0 Å². The Labute approximate surface area is 154 Å². The zero-order valence-corrected chi connectivity index (χ0v) is 14.7. The van der Waals surface area contributed by atoms with Crippen LogP contribution in [-0.4, -0.2) is 40.4 Å². The zero-order chi connectivity index (χ0) is 19.6. The quantitative estimate of drug-likeness (QED) is 0.719. The maximum Gasteiger partial charge on any atom is 0.346 e. The molecule has 1 unspecified atom stereocenters. The van der Waals surface area contributed by atoms with Gasteiger partial charge in [0, 0.05) is 17.7 Å². The molecule has 1 heterocycles. The number of hydrogen-bond acceptors (Lipinski definition) is 4. The molecule has 7 nitrogen and oxygen atoms in total. The largest absolute Gasteiger partial charge is 0.478 e. The smallest absolute Gasteiger partial charge is 0.346 e. The average Bonchev–Trinajstić information content (AvgIpc) is 2.98. The summed E-state index contributed by atoms with van der Waals surface area (Å²) in [6.45, 7) is 1.40. The SMILES string of the molecule is Cc1c(C(=O)NCC(Oc2ccc(F)cc2)C(=O)O)[nH]c2c1C(=O)CCC2. The number of carbonyl (C=O) groups is 3. The summed E-state index contributed by atoms with van der Waals surface area (Å²) >= 11 is 0. The average molecular weight is 374 g/mol. The van der Waals surface area contributed by atoms with Crippen LogP contribution in [0, 0.1) is 12.7 Å². The number of aromatic nitrogens is 1. The molecule has 0 spiro atoms. The fourth-order valence-electron chi connectivity index (χ4n) is 3.13. The second kappa shape index (κ2) is 7.61. The first-order chi connectivity index (χ1) is 12.9. The summed E-state index contributed by atoms with van der Waals surface area (Å²) in [7, 11) is 0. The topological polar surface area (TPSA) is 108 Å². The van der Waals surface area contributed by atoms with Crippen LogP contribution in [0.1, 0.15) is 44.9 Å². The van der Waals surface area contributed by atoms with Crippen LogP contribution in [0.2, 0.25) is 0 Å². The third-order valence-corrected chi connectivity index (χ3v) is 4.48. The number of benzene rings is 1. The summed E-state index contributed by atoms with van der Waals surface area (Å²) in [5.41, 5.74) is 2.12. The molecule has 142 valence electrons. The monoisotopic (exact) mass is 374 g/mol. The molecule has 0 radical (unpaired) electrons. The van der Waals surface area contributed by atoms with Crippen LogP contribution in [-0.2, 0) is 11.2 Å². The highest BCUT2D eigenvalue weighted by atomic mass is 19.1. The summed E-state index contributed by atoms with van der Waals surface area (Å²) in [6, 6.07) is 4.91. The van der Waals surface area contributed by atoms with Crippen LogP contribution in [0.25, 0.3) is 0 Å². The molecule has 3 N–H and O–H groups in total. The third kappa shape index (κ3) is 3.99. The van der Waals surface area contributed by atoms with Gasteiger partial charge in [0.2, 0.25) is 6.10 Å². The molecule has 1 aliphatic carbocycles. The summed E-state index contributed by atoms with van der Waals surface area (Å²) in [4.78, 5) is 38.9. The Morgan fingerprint density at radius 2 is 2.00 bits per heavy atom. The van der Waals surface area contributed by atoms with Crippen LogP contribution < -0.4 is 10.1 Å². The van der Waals surface area contributed by atoms with Gasteiger partial charge in [-0.15, -0.1) is 0 Å². The Morgan fingerprint density at radius 1 is 1.30 bits per heavy atom. The molecule has 1 atom stereocenters. The van der Waals surface area contributed by atoms with Gasteiger partial charge in [-0.2, -0.15) is 0 Å². The van der Waals surface area contributed by atoms with E-state index in [1.54, 1.807) is 6.92 Å². The van der Waals surface area contributed by atoms with E-state index in [1.165, 1.54) is 12.1 Å². The number of amides is 1. The van der Waals surface area contributed by atoms with E-state index in [-0.39, 0.29) is 23.8 Å². The molecule has 1 aliphatic rings. The molecule has 8 heteroatoms. The number of ketones is 1. The first-order valence-electron chi connectivity index (χ1n) is 8.54. The van der Waals surface area contributed by atoms with Crippen LogP contribution in [0.3, 0.4) is 0 Å². The van der Waals surface area contributed by atoms with Crippen molar-refractivity contribution in [3.05, 3.63) is 52.6 Å². The number of aliphatic carboxylic acids is 1. The van der Waals surface area contributed by atoms with E-state index in [9.17, 15) is 23.9 Å². The van der Waals surface area contributed by atoms with E-state index >= 15 is 0 Å². The Balaban J connectivity index is 1.69. The van der Waals surface area contributed by atoms with Crippen molar-refractivity contribution in [2.45, 2.75) is 32.3 Å². The number of carbonyl (C=O) groups excluding carboxylic acids is 2. The van der Waals surface area contributed by atoms with Crippen molar-refractivity contribution in [1.82, 2.24) is 10.3 Å². The number of halogens is 1. The molecule has 1 aromatic heterocycles. The highest BCUT2D eigenvalue weighted by molar-refractivity contribution is 6.04. The number of carboxylic acids is 1. The van der Waals surface area contributed by atoms with Crippen molar-refractivity contribution in [2.24, 2.45) is 0 Å². The molecule has 2 aromatic rings. The van der Waals surface area contributed by atoms with E-state index in [0.717, 1.165) is 24.2 Å². The number of rotatable bonds is 6. The molecule has 0 aliphatic heterocycles. The minimum atomic E-state index is -1.34. The summed E-state index contributed by atoms with van der Waals surface area (Å²) in [6.07, 6.45) is 0.547. The van der Waals surface area contributed by atoms with Gasteiger partial charge in [0.05, 0.1) is 6.54 Å². The van der Waals surface area contributed by atoms with Crippen molar-refractivity contribution < 1.29 is 28.6 Å². The Morgan fingerprint density at radius 3 is 2.63 bits per heavy atom. The fourth-order valence-corrected chi connectivity index (χ4v) is 3.13. The third-order valence-electron chi connectivity index (χ3n) is 4.48. The van der Waals surface area contributed by atoms with E-state index < -0.39 is 23.8 Å². The van der Waals surface area contributed by atoms with E-state index in [4.69, 9.17) is 4.74 Å². The molecule has 0 saturated heterocycles. The standard InChI is InChI=1S/C19H19FN2O5/c1-10-16-13(3-2-4-14(16)23)22-17(10)18(24)21-9-15(19(25)26)27-12-7-5-11(20)6-8-12/h5-8,15,22H,2-4,9H2,1H3,(H,21,24)(H,25,26). The van der Waals surface area contributed by atoms with Crippen LogP contribution >= 0.6 is 0 Å². The van der Waals surface area contributed by atoms with E-state index in [0.29, 0.717) is 24.0 Å². The van der Waals surface area contributed by atoms with Crippen molar-refractivity contribution in [3.8, 4) is 5.75 Å². The number of carboxylic acid groups (broad SMARTS) is 1. The molecule has 3 rings (SSSR count). The molecule has 0 bridgehead atoms. The predicted octanol–water partition coefficient (Wildman–Crippen LogP) is 2.24. The van der Waals surface area contributed by atoms with E-state index in [2.05, 4.69) is 10.3 Å². The lowest BCUT2D eigenvalue weighted by Gasteiger charge is -2.15. The summed E-state index contributed by atoms with van der Waals surface area (Å²) in [5, 5.41) is 11.8. The van der Waals surface area contributed by atoms with Crippen molar-refractivity contribution >= 4 is 17.7 Å². The van der Waals surface area contributed by atoms with Crippen molar-refractivity contribution in [2.75, 3.05) is 6.54 Å². The number of Topliss-reactive ketones (excluding diaryl/α,β-unsaturated/α-hetero) is 1. The predicted molar refractivity (Wildman–Crippen MR) is 93.6 cm³/mol. The van der Waals surface area contributed by atoms with Crippen molar-refractivity contribution in [3.63, 3.8) is 0 Å². The van der Waals surface area contributed by atoms with Gasteiger partial charge < -0.3 is 20.1 Å². The highest BCUT2D eigenvalue weighted by Crippen LogP contribution is 2.26. The first-order valence-corrected chi connectivity index (χ1v) is 8.54. The first kappa shape index (κ1) is 18.6. The minimum absolute atomic E-state index is 0.00658. The van der Waals surface area contributed by atoms with Crippen molar-refractivity contribution in [1.29, 1.82) is 0 Å². The Bertz CT molecular complexity index is 888. The van der Waals surface area contributed by atoms with Crippen LogP contribution in [0.15, 0.2) is 24.3 Å². The molecule has 27 heavy (non-hydrogen) atoms. The molecule has 0 fully saturated rings. The maximum absolute atomic E-state index is 12.9. The lowest BCUT2D eigenvalue weighted by atomic mass is 9.94. The van der Waals surface area contributed by atoms with Gasteiger partial charge in [-0.05, 0) is 49.6 Å². The van der Waals surface area contributed by atoms with E-state index in [1.807, 2.05) is 0 Å². The molecular formula is C19H19FN2O5. The molecule has 1 amide bonds. The number of aromatic amines is 1. The number of nitrogens with one attached hydrogen (secondary N) is 2. The lowest BCUT2D eigenvalue weighted by molar-refractivity contribution is -0.144. The van der Waals surface area contributed by atoms with Gasteiger partial charge in [0.1, 0.15) is 17.3 Å². The van der Waals surface area contributed by atoms with Crippen LogP contribution in [0.4, 0.5) is 4.39 Å². The number of aryl methyl sites for hydroxylation is 1. The van der Waals surface area contributed by atoms with Gasteiger partial charge in [-0.3, -0.25) is 9.59 Å². The van der Waals surface area contributed by atoms with Gasteiger partial charge >= 0.3 is 5.97 Å². The van der Waals surface area contributed by atoms with Gasteiger partial charge in [0.15, 0.2) is 5.78 Å². The minimum Gasteiger partial charge on any atom is -0.478 e. The molecule has 1 aromatic carbocycles. The Kier molecular flexibility index (Phi) is 5.25. The Hall–Kier alpha value is -3.16. The van der Waals surface area contributed by atoms with Crippen LogP contribution in [0.5, 0.6) is 5.75 Å².